The number of likely N-dealkylation sites (N-methyl/N-ethyl adjacent to an activating group) is 1. The van der Waals surface area contributed by atoms with Crippen molar-refractivity contribution in [1.82, 2.24) is 24.9 Å². The summed E-state index contributed by atoms with van der Waals surface area (Å²) in [6, 6.07) is 1.97. The van der Waals surface area contributed by atoms with Crippen molar-refractivity contribution in [2.24, 2.45) is 5.41 Å². The summed E-state index contributed by atoms with van der Waals surface area (Å²) in [7, 11) is 4.11. The van der Waals surface area contributed by atoms with Crippen LogP contribution < -0.4 is 0 Å². The Morgan fingerprint density at radius 2 is 2.21 bits per heavy atom. The van der Waals surface area contributed by atoms with Gasteiger partial charge in [0.1, 0.15) is 0 Å². The highest BCUT2D eigenvalue weighted by molar-refractivity contribution is 5.82. The molecule has 0 saturated carbocycles. The van der Waals surface area contributed by atoms with Crippen molar-refractivity contribution in [2.75, 3.05) is 40.3 Å². The van der Waals surface area contributed by atoms with Crippen molar-refractivity contribution in [3.05, 3.63) is 18.0 Å². The van der Waals surface area contributed by atoms with Gasteiger partial charge in [-0.05, 0) is 63.8 Å². The molecule has 1 atom stereocenters. The Labute approximate surface area is 145 Å². The van der Waals surface area contributed by atoms with E-state index in [9.17, 15) is 4.79 Å². The minimum Gasteiger partial charge on any atom is -0.339 e. The van der Waals surface area contributed by atoms with Crippen LogP contribution in [0.5, 0.6) is 0 Å². The standard InChI is InChI=1S/C18H31N5O/c1-4-9-23-14-18(6-10-21(2)11-7-18)12-16(23)17(24)22(3)13-15-5-8-19-20-15/h5,8,16H,4,6-7,9-14H2,1-3H3,(H,19,20)/t16-/m0/s1. The molecule has 2 fully saturated rings. The molecule has 2 saturated heterocycles. The van der Waals surface area contributed by atoms with E-state index in [1.165, 1.54) is 12.8 Å². The van der Waals surface area contributed by atoms with Crippen LogP contribution in [-0.2, 0) is 11.3 Å². The van der Waals surface area contributed by atoms with Gasteiger partial charge in [0.25, 0.3) is 0 Å². The molecule has 0 aliphatic carbocycles. The SMILES string of the molecule is CCCN1CC2(CCN(C)CC2)C[C@H]1C(=O)N(C)Cc1ccn[nH]1. The number of carbonyl (C=O) groups is 1. The van der Waals surface area contributed by atoms with Crippen LogP contribution in [0.15, 0.2) is 12.3 Å². The average Bonchev–Trinajstić information content (AvgIpc) is 3.19. The quantitative estimate of drug-likeness (QED) is 0.889. The van der Waals surface area contributed by atoms with E-state index in [0.29, 0.717) is 12.0 Å². The van der Waals surface area contributed by atoms with Crippen LogP contribution in [0.1, 0.15) is 38.3 Å². The maximum Gasteiger partial charge on any atom is 0.240 e. The highest BCUT2D eigenvalue weighted by atomic mass is 16.2. The van der Waals surface area contributed by atoms with E-state index in [2.05, 4.69) is 34.0 Å². The molecule has 0 bridgehead atoms. The lowest BCUT2D eigenvalue weighted by atomic mass is 9.76. The number of H-pyrrole nitrogens is 1. The third-order valence-electron chi connectivity index (χ3n) is 5.79. The maximum atomic E-state index is 13.1. The van der Waals surface area contributed by atoms with Gasteiger partial charge in [-0.3, -0.25) is 14.8 Å². The third-order valence-corrected chi connectivity index (χ3v) is 5.79. The summed E-state index contributed by atoms with van der Waals surface area (Å²) in [5.74, 6) is 0.258. The fourth-order valence-electron chi connectivity index (χ4n) is 4.33. The second-order valence-corrected chi connectivity index (χ2v) is 7.77. The first-order valence-electron chi connectivity index (χ1n) is 9.19. The first-order valence-corrected chi connectivity index (χ1v) is 9.19. The van der Waals surface area contributed by atoms with Crippen molar-refractivity contribution >= 4 is 5.91 Å². The summed E-state index contributed by atoms with van der Waals surface area (Å²) in [5, 5.41) is 6.92. The summed E-state index contributed by atoms with van der Waals surface area (Å²) in [4.78, 5) is 19.8. The van der Waals surface area contributed by atoms with Crippen LogP contribution in [0.2, 0.25) is 0 Å². The number of hydrogen-bond acceptors (Lipinski definition) is 4. The zero-order valence-electron chi connectivity index (χ0n) is 15.3. The van der Waals surface area contributed by atoms with Gasteiger partial charge in [-0.15, -0.1) is 0 Å². The van der Waals surface area contributed by atoms with Crippen LogP contribution in [0, 0.1) is 5.41 Å². The molecule has 1 N–H and O–H groups in total. The van der Waals surface area contributed by atoms with Crippen LogP contribution in [0.4, 0.5) is 0 Å². The van der Waals surface area contributed by atoms with Crippen LogP contribution in [-0.4, -0.2) is 77.1 Å². The third kappa shape index (κ3) is 3.64. The monoisotopic (exact) mass is 333 g/mol. The summed E-state index contributed by atoms with van der Waals surface area (Å²) in [6.45, 7) is 7.23. The zero-order valence-corrected chi connectivity index (χ0v) is 15.3. The first-order chi connectivity index (χ1) is 11.5. The highest BCUT2D eigenvalue weighted by Gasteiger charge is 2.47. The molecule has 3 heterocycles. The van der Waals surface area contributed by atoms with Gasteiger partial charge in [0, 0.05) is 19.8 Å². The zero-order chi connectivity index (χ0) is 17.2. The van der Waals surface area contributed by atoms with Gasteiger partial charge >= 0.3 is 0 Å². The fourth-order valence-corrected chi connectivity index (χ4v) is 4.33. The van der Waals surface area contributed by atoms with E-state index in [4.69, 9.17) is 0 Å². The molecular weight excluding hydrogens is 302 g/mol. The lowest BCUT2D eigenvalue weighted by Crippen LogP contribution is -2.44. The Morgan fingerprint density at radius 3 is 2.83 bits per heavy atom. The molecule has 2 aliphatic heterocycles. The topological polar surface area (TPSA) is 55.5 Å². The van der Waals surface area contributed by atoms with E-state index in [0.717, 1.165) is 44.7 Å². The maximum absolute atomic E-state index is 13.1. The molecule has 3 rings (SSSR count). The van der Waals surface area contributed by atoms with Gasteiger partial charge in [0.2, 0.25) is 5.91 Å². The van der Waals surface area contributed by atoms with Crippen molar-refractivity contribution in [2.45, 2.75) is 45.2 Å². The highest BCUT2D eigenvalue weighted by Crippen LogP contribution is 2.43. The Bertz CT molecular complexity index is 536. The predicted molar refractivity (Wildman–Crippen MR) is 94.5 cm³/mol. The molecule has 1 amide bonds. The van der Waals surface area contributed by atoms with Gasteiger partial charge < -0.3 is 9.80 Å². The van der Waals surface area contributed by atoms with Crippen molar-refractivity contribution < 1.29 is 4.79 Å². The predicted octanol–water partition coefficient (Wildman–Crippen LogP) is 1.56. The average molecular weight is 333 g/mol. The fraction of sp³-hybridized carbons (Fsp3) is 0.778. The van der Waals surface area contributed by atoms with Crippen molar-refractivity contribution in [3.63, 3.8) is 0 Å². The van der Waals surface area contributed by atoms with Crippen molar-refractivity contribution in [3.8, 4) is 0 Å². The van der Waals surface area contributed by atoms with Gasteiger partial charge in [-0.1, -0.05) is 6.92 Å². The second-order valence-electron chi connectivity index (χ2n) is 7.77. The Balaban J connectivity index is 1.68. The molecule has 6 heteroatoms. The number of nitrogens with one attached hydrogen (secondary N) is 1. The Hall–Kier alpha value is -1.40. The normalized spacial score (nSPS) is 24.5. The molecule has 0 aromatic carbocycles. The minimum atomic E-state index is 0.0428. The van der Waals surface area contributed by atoms with Gasteiger partial charge in [-0.25, -0.2) is 0 Å². The minimum absolute atomic E-state index is 0.0428. The molecule has 6 nitrogen and oxygen atoms in total. The Morgan fingerprint density at radius 1 is 1.46 bits per heavy atom. The van der Waals surface area contributed by atoms with Gasteiger partial charge in [-0.2, -0.15) is 5.10 Å². The number of nitrogens with zero attached hydrogens (tertiary/aromatic N) is 4. The molecule has 1 aromatic rings. The number of rotatable bonds is 5. The molecular formula is C18H31N5O. The largest absolute Gasteiger partial charge is 0.339 e. The van der Waals surface area contributed by atoms with E-state index < -0.39 is 0 Å². The number of aromatic amines is 1. The number of aromatic nitrogens is 2. The summed E-state index contributed by atoms with van der Waals surface area (Å²) < 4.78 is 0. The smallest absolute Gasteiger partial charge is 0.240 e. The molecule has 1 aromatic heterocycles. The van der Waals surface area contributed by atoms with Crippen LogP contribution in [0.3, 0.4) is 0 Å². The second kappa shape index (κ2) is 7.23. The molecule has 0 unspecified atom stereocenters. The summed E-state index contributed by atoms with van der Waals surface area (Å²) in [6.07, 6.45) is 6.30. The number of likely N-dealkylation sites (tertiary alicyclic amines) is 2. The lowest BCUT2D eigenvalue weighted by molar-refractivity contribution is -0.135. The van der Waals surface area contributed by atoms with Crippen LogP contribution in [0.25, 0.3) is 0 Å². The number of carbonyl (C=O) groups excluding carboxylic acids is 1. The molecule has 1 spiro atoms. The number of piperidine rings is 1. The molecule has 24 heavy (non-hydrogen) atoms. The van der Waals surface area contributed by atoms with Crippen molar-refractivity contribution in [1.29, 1.82) is 0 Å². The Kier molecular flexibility index (Phi) is 5.25. The molecule has 0 radical (unpaired) electrons. The lowest BCUT2D eigenvalue weighted by Gasteiger charge is -2.37. The molecule has 134 valence electrons. The van der Waals surface area contributed by atoms with E-state index in [1.807, 2.05) is 18.0 Å². The summed E-state index contributed by atoms with van der Waals surface area (Å²) >= 11 is 0. The molecule has 2 aliphatic rings. The van der Waals surface area contributed by atoms with Gasteiger partial charge in [0.15, 0.2) is 0 Å². The van der Waals surface area contributed by atoms with Crippen LogP contribution >= 0.6 is 0 Å². The van der Waals surface area contributed by atoms with E-state index in [1.54, 1.807) is 6.20 Å². The van der Waals surface area contributed by atoms with E-state index >= 15 is 0 Å². The van der Waals surface area contributed by atoms with Gasteiger partial charge in [0.05, 0.1) is 18.3 Å². The first kappa shape index (κ1) is 17.4. The number of hydrogen-bond donors (Lipinski definition) is 1. The van der Waals surface area contributed by atoms with E-state index in [-0.39, 0.29) is 11.9 Å². The number of amides is 1. The summed E-state index contributed by atoms with van der Waals surface area (Å²) in [5.41, 5.74) is 1.33.